The third-order valence-corrected chi connectivity index (χ3v) is 3.81. The van der Waals surface area contributed by atoms with Crippen LogP contribution in [0.3, 0.4) is 0 Å². The summed E-state index contributed by atoms with van der Waals surface area (Å²) in [5.74, 6) is -0.137. The first-order chi connectivity index (χ1) is 10.0. The molecule has 0 radical (unpaired) electrons. The number of carbonyl (C=O) groups is 2. The van der Waals surface area contributed by atoms with Crippen LogP contribution in [0.15, 0.2) is 0 Å². The average Bonchev–Trinajstić information content (AvgIpc) is 2.71. The van der Waals surface area contributed by atoms with E-state index in [1.807, 2.05) is 27.9 Å². The lowest BCUT2D eigenvalue weighted by Crippen LogP contribution is -2.44. The lowest BCUT2D eigenvalue weighted by Gasteiger charge is -2.24. The van der Waals surface area contributed by atoms with E-state index in [4.69, 9.17) is 4.74 Å². The molecule has 1 fully saturated rings. The van der Waals surface area contributed by atoms with Crippen LogP contribution in [0.25, 0.3) is 0 Å². The first kappa shape index (κ1) is 18.1. The van der Waals surface area contributed by atoms with Gasteiger partial charge >= 0.3 is 0 Å². The highest BCUT2D eigenvalue weighted by atomic mass is 16.5. The van der Waals surface area contributed by atoms with Crippen molar-refractivity contribution >= 4 is 11.8 Å². The zero-order chi connectivity index (χ0) is 15.8. The summed E-state index contributed by atoms with van der Waals surface area (Å²) in [6, 6.07) is -0.344. The molecule has 0 aliphatic carbocycles. The quantitative estimate of drug-likeness (QED) is 0.469. The van der Waals surface area contributed by atoms with E-state index in [2.05, 4.69) is 10.2 Å². The number of hydrogen-bond donors (Lipinski definition) is 1. The van der Waals surface area contributed by atoms with Gasteiger partial charge in [-0.2, -0.15) is 0 Å². The number of nitrogens with one attached hydrogen (secondary N) is 1. The summed E-state index contributed by atoms with van der Waals surface area (Å²) < 4.78 is 5.47. The Hall–Kier alpha value is -0.980. The number of carbonyl (C=O) groups excluding carboxylic acids is 2. The van der Waals surface area contributed by atoms with E-state index in [-0.39, 0.29) is 30.3 Å². The third kappa shape index (κ3) is 5.37. The van der Waals surface area contributed by atoms with Gasteiger partial charge in [-0.05, 0) is 26.9 Å². The molecule has 6 nitrogen and oxygen atoms in total. The van der Waals surface area contributed by atoms with Crippen molar-refractivity contribution in [1.29, 1.82) is 0 Å². The van der Waals surface area contributed by atoms with Crippen molar-refractivity contribution in [3.05, 3.63) is 0 Å². The molecule has 21 heavy (non-hydrogen) atoms. The van der Waals surface area contributed by atoms with Gasteiger partial charge in [0.15, 0.2) is 0 Å². The fourth-order valence-electron chi connectivity index (χ4n) is 2.50. The highest BCUT2D eigenvalue weighted by Crippen LogP contribution is 2.19. The molecule has 0 spiro atoms. The van der Waals surface area contributed by atoms with Crippen LogP contribution in [0.2, 0.25) is 0 Å². The SMILES string of the molecule is CCC(CC)N1C(=O)CC(NCCOCCN(C)C)C1=O. The van der Waals surface area contributed by atoms with Crippen LogP contribution in [-0.4, -0.2) is 74.1 Å². The monoisotopic (exact) mass is 299 g/mol. The standard InChI is InChI=1S/C15H29N3O3/c1-5-12(6-2)18-14(19)11-13(15(18)20)16-7-9-21-10-8-17(3)4/h12-13,16H,5-11H2,1-4H3. The van der Waals surface area contributed by atoms with Gasteiger partial charge in [0.25, 0.3) is 0 Å². The van der Waals surface area contributed by atoms with Gasteiger partial charge in [0.05, 0.1) is 25.7 Å². The van der Waals surface area contributed by atoms with Gasteiger partial charge in [-0.3, -0.25) is 14.5 Å². The highest BCUT2D eigenvalue weighted by Gasteiger charge is 2.40. The van der Waals surface area contributed by atoms with E-state index in [1.165, 1.54) is 4.90 Å². The highest BCUT2D eigenvalue weighted by molar-refractivity contribution is 6.05. The van der Waals surface area contributed by atoms with Crippen molar-refractivity contribution in [3.8, 4) is 0 Å². The maximum atomic E-state index is 12.3. The van der Waals surface area contributed by atoms with Gasteiger partial charge in [-0.15, -0.1) is 0 Å². The Labute approximate surface area is 127 Å². The zero-order valence-corrected chi connectivity index (χ0v) is 13.7. The fourth-order valence-corrected chi connectivity index (χ4v) is 2.50. The second-order valence-corrected chi connectivity index (χ2v) is 5.70. The average molecular weight is 299 g/mol. The Morgan fingerprint density at radius 3 is 2.52 bits per heavy atom. The zero-order valence-electron chi connectivity index (χ0n) is 13.7. The summed E-state index contributed by atoms with van der Waals surface area (Å²) >= 11 is 0. The number of likely N-dealkylation sites (N-methyl/N-ethyl adjacent to an activating group) is 1. The molecular formula is C15H29N3O3. The number of hydrogen-bond acceptors (Lipinski definition) is 5. The number of likely N-dealkylation sites (tertiary alicyclic amines) is 1. The Bertz CT molecular complexity index is 343. The van der Waals surface area contributed by atoms with Crippen LogP contribution in [0.1, 0.15) is 33.1 Å². The minimum Gasteiger partial charge on any atom is -0.379 e. The molecule has 1 saturated heterocycles. The van der Waals surface area contributed by atoms with Crippen LogP contribution < -0.4 is 5.32 Å². The molecule has 1 heterocycles. The molecule has 6 heteroatoms. The van der Waals surface area contributed by atoms with Crippen LogP contribution in [0, 0.1) is 0 Å². The van der Waals surface area contributed by atoms with Crippen molar-refractivity contribution in [3.63, 3.8) is 0 Å². The molecule has 122 valence electrons. The van der Waals surface area contributed by atoms with E-state index < -0.39 is 0 Å². The molecule has 1 N–H and O–H groups in total. The van der Waals surface area contributed by atoms with Gasteiger partial charge in [0.2, 0.25) is 11.8 Å². The van der Waals surface area contributed by atoms with Gasteiger partial charge in [-0.1, -0.05) is 13.8 Å². The summed E-state index contributed by atoms with van der Waals surface area (Å²) in [5.41, 5.74) is 0. The molecule has 0 aromatic carbocycles. The summed E-state index contributed by atoms with van der Waals surface area (Å²) in [5, 5.41) is 3.13. The number of amides is 2. The normalized spacial score (nSPS) is 19.3. The van der Waals surface area contributed by atoms with Crippen LogP contribution in [0.4, 0.5) is 0 Å². The smallest absolute Gasteiger partial charge is 0.247 e. The Kier molecular flexibility index (Phi) is 7.85. The van der Waals surface area contributed by atoms with Gasteiger partial charge < -0.3 is 15.0 Å². The topological polar surface area (TPSA) is 61.9 Å². The molecule has 0 saturated carbocycles. The van der Waals surface area contributed by atoms with Crippen LogP contribution in [0.5, 0.6) is 0 Å². The number of imide groups is 1. The molecule has 0 bridgehead atoms. The minimum absolute atomic E-state index is 0.0353. The minimum atomic E-state index is -0.379. The number of ether oxygens (including phenoxy) is 1. The van der Waals surface area contributed by atoms with Crippen LogP contribution >= 0.6 is 0 Å². The molecule has 1 aliphatic heterocycles. The van der Waals surface area contributed by atoms with Crippen molar-refractivity contribution < 1.29 is 14.3 Å². The van der Waals surface area contributed by atoms with E-state index in [0.717, 1.165) is 19.4 Å². The van der Waals surface area contributed by atoms with Gasteiger partial charge in [-0.25, -0.2) is 0 Å². The van der Waals surface area contributed by atoms with Gasteiger partial charge in [0, 0.05) is 19.1 Å². The largest absolute Gasteiger partial charge is 0.379 e. The number of nitrogens with zero attached hydrogens (tertiary/aromatic N) is 2. The van der Waals surface area contributed by atoms with E-state index >= 15 is 0 Å². The molecular weight excluding hydrogens is 270 g/mol. The predicted octanol–water partition coefficient (Wildman–Crippen LogP) is 0.470. The number of rotatable bonds is 10. The predicted molar refractivity (Wildman–Crippen MR) is 82.0 cm³/mol. The maximum Gasteiger partial charge on any atom is 0.247 e. The second-order valence-electron chi connectivity index (χ2n) is 5.70. The Balaban J connectivity index is 2.31. The lowest BCUT2D eigenvalue weighted by atomic mass is 10.1. The molecule has 1 atom stereocenters. The summed E-state index contributed by atoms with van der Waals surface area (Å²) in [4.78, 5) is 27.8. The summed E-state index contributed by atoms with van der Waals surface area (Å²) in [6.07, 6.45) is 1.90. The lowest BCUT2D eigenvalue weighted by molar-refractivity contribution is -0.141. The van der Waals surface area contributed by atoms with Crippen molar-refractivity contribution in [2.45, 2.75) is 45.2 Å². The summed E-state index contributed by atoms with van der Waals surface area (Å²) in [6.45, 7) is 6.71. The van der Waals surface area contributed by atoms with E-state index in [0.29, 0.717) is 19.8 Å². The van der Waals surface area contributed by atoms with E-state index in [9.17, 15) is 9.59 Å². The van der Waals surface area contributed by atoms with Crippen LogP contribution in [-0.2, 0) is 14.3 Å². The Morgan fingerprint density at radius 1 is 1.29 bits per heavy atom. The second kappa shape index (κ2) is 9.12. The molecule has 1 rings (SSSR count). The maximum absolute atomic E-state index is 12.3. The van der Waals surface area contributed by atoms with Crippen molar-refractivity contribution in [1.82, 2.24) is 15.1 Å². The molecule has 2 amide bonds. The first-order valence-corrected chi connectivity index (χ1v) is 7.83. The molecule has 0 aromatic rings. The summed E-state index contributed by atoms with van der Waals surface area (Å²) in [7, 11) is 3.99. The first-order valence-electron chi connectivity index (χ1n) is 7.83. The Morgan fingerprint density at radius 2 is 1.95 bits per heavy atom. The third-order valence-electron chi connectivity index (χ3n) is 3.81. The molecule has 1 aliphatic rings. The van der Waals surface area contributed by atoms with Crippen molar-refractivity contribution in [2.75, 3.05) is 40.4 Å². The van der Waals surface area contributed by atoms with E-state index in [1.54, 1.807) is 0 Å². The fraction of sp³-hybridized carbons (Fsp3) is 0.867. The van der Waals surface area contributed by atoms with Crippen molar-refractivity contribution in [2.24, 2.45) is 0 Å². The molecule has 0 aromatic heterocycles. The molecule has 1 unspecified atom stereocenters. The van der Waals surface area contributed by atoms with Gasteiger partial charge in [0.1, 0.15) is 0 Å².